The topological polar surface area (TPSA) is 63.6 Å². The summed E-state index contributed by atoms with van der Waals surface area (Å²) in [5, 5.41) is 8.53. The van der Waals surface area contributed by atoms with Gasteiger partial charge >= 0.3 is 11.9 Å². The number of carboxylic acids is 1. The number of esters is 1. The molecule has 0 radical (unpaired) electrons. The van der Waals surface area contributed by atoms with Crippen molar-refractivity contribution in [1.29, 1.82) is 0 Å². The summed E-state index contributed by atoms with van der Waals surface area (Å²) in [4.78, 5) is 21.5. The molecule has 1 heterocycles. The summed E-state index contributed by atoms with van der Waals surface area (Å²) in [6.45, 7) is 1.99. The van der Waals surface area contributed by atoms with Gasteiger partial charge in [0.15, 0.2) is 0 Å². The van der Waals surface area contributed by atoms with E-state index in [1.807, 2.05) is 0 Å². The smallest absolute Gasteiger partial charge is 0.322 e. The second kappa shape index (κ2) is 3.35. The van der Waals surface area contributed by atoms with Crippen molar-refractivity contribution in [2.45, 2.75) is 18.1 Å². The summed E-state index contributed by atoms with van der Waals surface area (Å²) in [6, 6.07) is 0. The van der Waals surface area contributed by atoms with Gasteiger partial charge in [-0.1, -0.05) is 0 Å². The highest BCUT2D eigenvalue weighted by Crippen LogP contribution is 2.33. The Morgan fingerprint density at radius 3 is 3.00 bits per heavy atom. The van der Waals surface area contributed by atoms with Gasteiger partial charge in [0.1, 0.15) is 11.4 Å². The lowest BCUT2D eigenvalue weighted by Crippen LogP contribution is -2.40. The average molecular weight is 190 g/mol. The Morgan fingerprint density at radius 1 is 1.83 bits per heavy atom. The lowest BCUT2D eigenvalue weighted by atomic mass is 10.1. The van der Waals surface area contributed by atoms with E-state index >= 15 is 0 Å². The van der Waals surface area contributed by atoms with Crippen molar-refractivity contribution < 1.29 is 19.4 Å². The van der Waals surface area contributed by atoms with Crippen LogP contribution < -0.4 is 0 Å². The van der Waals surface area contributed by atoms with E-state index in [-0.39, 0.29) is 6.42 Å². The lowest BCUT2D eigenvalue weighted by molar-refractivity contribution is -0.150. The third kappa shape index (κ3) is 1.91. The Labute approximate surface area is 74.3 Å². The number of thioether (sulfide) groups is 1. The second-order valence-corrected chi connectivity index (χ2v) is 4.38. The van der Waals surface area contributed by atoms with Crippen LogP contribution in [-0.4, -0.2) is 34.2 Å². The van der Waals surface area contributed by atoms with Crippen LogP contribution in [-0.2, 0) is 14.3 Å². The number of carbonyl (C=O) groups excluding carboxylic acids is 1. The zero-order valence-corrected chi connectivity index (χ0v) is 7.52. The van der Waals surface area contributed by atoms with Gasteiger partial charge in [-0.2, -0.15) is 0 Å². The second-order valence-electron chi connectivity index (χ2n) is 2.79. The summed E-state index contributed by atoms with van der Waals surface area (Å²) in [5.74, 6) is -0.708. The van der Waals surface area contributed by atoms with Crippen molar-refractivity contribution >= 4 is 23.7 Å². The van der Waals surface area contributed by atoms with Crippen molar-refractivity contribution in [2.75, 3.05) is 12.4 Å². The fraction of sp³-hybridized carbons (Fsp3) is 0.714. The van der Waals surface area contributed by atoms with Crippen LogP contribution in [0.15, 0.2) is 0 Å². The van der Waals surface area contributed by atoms with Crippen molar-refractivity contribution in [3.63, 3.8) is 0 Å². The van der Waals surface area contributed by atoms with Gasteiger partial charge in [-0.15, -0.1) is 11.8 Å². The first kappa shape index (κ1) is 9.38. The molecule has 1 saturated heterocycles. The van der Waals surface area contributed by atoms with Crippen molar-refractivity contribution in [1.82, 2.24) is 0 Å². The predicted molar refractivity (Wildman–Crippen MR) is 44.1 cm³/mol. The van der Waals surface area contributed by atoms with E-state index in [1.54, 1.807) is 6.92 Å². The highest BCUT2D eigenvalue weighted by atomic mass is 32.2. The summed E-state index contributed by atoms with van der Waals surface area (Å²) in [6.07, 6.45) is -0.170. The fourth-order valence-electron chi connectivity index (χ4n) is 1.02. The summed E-state index contributed by atoms with van der Waals surface area (Å²) < 4.78 is 3.89. The SMILES string of the molecule is CC1(CC(=O)O)SCCOC1=O. The van der Waals surface area contributed by atoms with E-state index < -0.39 is 16.7 Å². The molecule has 0 spiro atoms. The molecule has 0 aromatic rings. The number of hydrogen-bond donors (Lipinski definition) is 1. The molecule has 1 unspecified atom stereocenters. The van der Waals surface area contributed by atoms with E-state index in [4.69, 9.17) is 9.84 Å². The molecule has 1 aliphatic heterocycles. The summed E-state index contributed by atoms with van der Waals surface area (Å²) in [7, 11) is 0. The molecule has 0 amide bonds. The molecule has 4 nitrogen and oxygen atoms in total. The van der Waals surface area contributed by atoms with Gasteiger partial charge < -0.3 is 9.84 Å². The Kier molecular flexibility index (Phi) is 2.62. The van der Waals surface area contributed by atoms with Crippen LogP contribution in [0.25, 0.3) is 0 Å². The van der Waals surface area contributed by atoms with Crippen LogP contribution in [0, 0.1) is 0 Å². The van der Waals surface area contributed by atoms with Crippen molar-refractivity contribution in [2.24, 2.45) is 0 Å². The van der Waals surface area contributed by atoms with E-state index in [9.17, 15) is 9.59 Å². The first-order valence-corrected chi connectivity index (χ1v) is 4.56. The molecule has 1 N–H and O–H groups in total. The molecular formula is C7H10O4S. The first-order valence-electron chi connectivity index (χ1n) is 3.57. The number of ether oxygens (including phenoxy) is 1. The third-order valence-corrected chi connectivity index (χ3v) is 2.98. The zero-order valence-electron chi connectivity index (χ0n) is 6.70. The van der Waals surface area contributed by atoms with Crippen LogP contribution in [0.2, 0.25) is 0 Å². The van der Waals surface area contributed by atoms with Crippen molar-refractivity contribution in [3.05, 3.63) is 0 Å². The summed E-state index contributed by atoms with van der Waals surface area (Å²) >= 11 is 1.35. The minimum absolute atomic E-state index is 0.170. The van der Waals surface area contributed by atoms with E-state index in [0.29, 0.717) is 12.4 Å². The van der Waals surface area contributed by atoms with Gasteiger partial charge in [0.25, 0.3) is 0 Å². The molecule has 0 saturated carbocycles. The standard InChI is InChI=1S/C7H10O4S/c1-7(4-5(8)9)6(10)11-2-3-12-7/h2-4H2,1H3,(H,8,9). The summed E-state index contributed by atoms with van der Waals surface area (Å²) in [5.41, 5.74) is 0. The van der Waals surface area contributed by atoms with Gasteiger partial charge in [-0.3, -0.25) is 9.59 Å². The molecular weight excluding hydrogens is 180 g/mol. The largest absolute Gasteiger partial charge is 0.481 e. The molecule has 0 aromatic carbocycles. The minimum Gasteiger partial charge on any atom is -0.481 e. The van der Waals surface area contributed by atoms with Gasteiger partial charge in [0.2, 0.25) is 0 Å². The quantitative estimate of drug-likeness (QED) is 0.643. The van der Waals surface area contributed by atoms with Gasteiger partial charge in [0.05, 0.1) is 6.42 Å². The molecule has 1 atom stereocenters. The van der Waals surface area contributed by atoms with Crippen LogP contribution >= 0.6 is 11.8 Å². The minimum atomic E-state index is -0.969. The monoisotopic (exact) mass is 190 g/mol. The van der Waals surface area contributed by atoms with Crippen LogP contribution in [0.5, 0.6) is 0 Å². The maximum Gasteiger partial charge on any atom is 0.322 e. The normalized spacial score (nSPS) is 29.6. The van der Waals surface area contributed by atoms with Gasteiger partial charge in [-0.25, -0.2) is 0 Å². The van der Waals surface area contributed by atoms with Crippen molar-refractivity contribution in [3.8, 4) is 0 Å². The van der Waals surface area contributed by atoms with Gasteiger partial charge in [-0.05, 0) is 6.92 Å². The number of hydrogen-bond acceptors (Lipinski definition) is 4. The Bertz CT molecular complexity index is 215. The molecule has 1 aliphatic rings. The molecule has 12 heavy (non-hydrogen) atoms. The Morgan fingerprint density at radius 2 is 2.50 bits per heavy atom. The highest BCUT2D eigenvalue weighted by Gasteiger charge is 2.40. The van der Waals surface area contributed by atoms with Crippen LogP contribution in [0.1, 0.15) is 13.3 Å². The number of cyclic esters (lactones) is 1. The number of rotatable bonds is 2. The Balaban J connectivity index is 2.66. The predicted octanol–water partition coefficient (Wildman–Crippen LogP) is 0.510. The fourth-order valence-corrected chi connectivity index (χ4v) is 2.04. The van der Waals surface area contributed by atoms with Gasteiger partial charge in [0, 0.05) is 5.75 Å². The van der Waals surface area contributed by atoms with Crippen LogP contribution in [0.4, 0.5) is 0 Å². The van der Waals surface area contributed by atoms with Crippen LogP contribution in [0.3, 0.4) is 0 Å². The first-order chi connectivity index (χ1) is 5.54. The molecule has 0 aliphatic carbocycles. The van der Waals surface area contributed by atoms with E-state index in [0.717, 1.165) is 0 Å². The maximum atomic E-state index is 11.1. The zero-order chi connectivity index (χ0) is 9.19. The van der Waals surface area contributed by atoms with E-state index in [1.165, 1.54) is 11.8 Å². The number of carbonyl (C=O) groups is 2. The molecule has 68 valence electrons. The third-order valence-electron chi connectivity index (χ3n) is 1.66. The maximum absolute atomic E-state index is 11.1. The molecule has 5 heteroatoms. The van der Waals surface area contributed by atoms with E-state index in [2.05, 4.69) is 0 Å². The average Bonchev–Trinajstić information content (AvgIpc) is 1.94. The molecule has 0 aromatic heterocycles. The number of carboxylic acid groups (broad SMARTS) is 1. The number of aliphatic carboxylic acids is 1. The molecule has 1 rings (SSSR count). The highest BCUT2D eigenvalue weighted by molar-refractivity contribution is 8.01. The Hall–Kier alpha value is -0.710. The molecule has 0 bridgehead atoms. The lowest BCUT2D eigenvalue weighted by Gasteiger charge is -2.28. The molecule has 1 fully saturated rings.